The number of benzene rings is 2. The van der Waals surface area contributed by atoms with Gasteiger partial charge in [-0.1, -0.05) is 49.0 Å². The molecule has 2 aromatic heterocycles. The number of aromatic nitrogens is 3. The van der Waals surface area contributed by atoms with Crippen molar-refractivity contribution in [2.45, 2.75) is 44.8 Å². The van der Waals surface area contributed by atoms with E-state index >= 15 is 0 Å². The molecule has 0 radical (unpaired) electrons. The van der Waals surface area contributed by atoms with Gasteiger partial charge < -0.3 is 9.15 Å². The maximum Gasteiger partial charge on any atom is 0.277 e. The van der Waals surface area contributed by atoms with Crippen LogP contribution in [0.25, 0.3) is 0 Å². The monoisotopic (exact) mass is 480 g/mol. The molecule has 2 heterocycles. The lowest BCUT2D eigenvalue weighted by atomic mass is 10.1. The van der Waals surface area contributed by atoms with E-state index < -0.39 is 0 Å². The highest BCUT2D eigenvalue weighted by molar-refractivity contribution is 7.98. The van der Waals surface area contributed by atoms with Crippen molar-refractivity contribution in [3.63, 3.8) is 0 Å². The Morgan fingerprint density at radius 1 is 1.18 bits per heavy atom. The van der Waals surface area contributed by atoms with E-state index in [4.69, 9.17) is 9.15 Å². The fourth-order valence-electron chi connectivity index (χ4n) is 3.24. The van der Waals surface area contributed by atoms with E-state index in [9.17, 15) is 4.79 Å². The first-order chi connectivity index (χ1) is 16.0. The highest BCUT2D eigenvalue weighted by Crippen LogP contribution is 2.33. The lowest BCUT2D eigenvalue weighted by molar-refractivity contribution is -0.115. The second kappa shape index (κ2) is 10.6. The Morgan fingerprint density at radius 3 is 2.82 bits per heavy atom. The van der Waals surface area contributed by atoms with E-state index in [1.54, 1.807) is 11.8 Å². The Morgan fingerprint density at radius 2 is 2.03 bits per heavy atom. The molecule has 0 saturated carbocycles. The van der Waals surface area contributed by atoms with E-state index in [1.165, 1.54) is 23.1 Å². The third kappa shape index (κ3) is 5.80. The summed E-state index contributed by atoms with van der Waals surface area (Å²) in [6.45, 7) is 5.85. The van der Waals surface area contributed by atoms with Crippen LogP contribution in [-0.2, 0) is 23.6 Å². The third-order valence-corrected chi connectivity index (χ3v) is 6.53. The number of hydrogen-bond donors (Lipinski definition) is 0. The maximum atomic E-state index is 12.4. The van der Waals surface area contributed by atoms with Crippen molar-refractivity contribution >= 4 is 39.8 Å². The number of anilines is 2. The molecular formula is C24H24N4O3S2. The molecule has 0 aliphatic heterocycles. The zero-order chi connectivity index (χ0) is 23.2. The second-order valence-electron chi connectivity index (χ2n) is 7.31. The molecule has 0 fully saturated rings. The van der Waals surface area contributed by atoms with Gasteiger partial charge in [-0.25, -0.2) is 4.98 Å². The topological polar surface area (TPSA) is 81.4 Å². The van der Waals surface area contributed by atoms with Gasteiger partial charge in [-0.05, 0) is 42.7 Å². The van der Waals surface area contributed by atoms with Gasteiger partial charge in [0.25, 0.3) is 11.1 Å². The number of hydrogen-bond acceptors (Lipinski definition) is 8. The van der Waals surface area contributed by atoms with Crippen LogP contribution < -0.4 is 9.64 Å². The fourth-order valence-corrected chi connectivity index (χ4v) is 4.90. The third-order valence-electron chi connectivity index (χ3n) is 4.80. The number of carbonyl (C=O) groups excluding carboxylic acids is 1. The molecule has 0 bridgehead atoms. The summed E-state index contributed by atoms with van der Waals surface area (Å²) in [7, 11) is 0. The summed E-state index contributed by atoms with van der Waals surface area (Å²) < 4.78 is 11.4. The first-order valence-electron chi connectivity index (χ1n) is 10.5. The van der Waals surface area contributed by atoms with E-state index in [0.29, 0.717) is 22.0 Å². The Bertz CT molecular complexity index is 1240. The first-order valence-corrected chi connectivity index (χ1v) is 12.4. The van der Waals surface area contributed by atoms with Gasteiger partial charge >= 0.3 is 0 Å². The Balaban J connectivity index is 1.38. The number of aryl methyl sites for hydroxylation is 2. The number of ether oxygens (including phenoxy) is 1. The zero-order valence-corrected chi connectivity index (χ0v) is 20.3. The van der Waals surface area contributed by atoms with Crippen LogP contribution in [0.15, 0.2) is 63.6 Å². The Labute approximate surface area is 200 Å². The minimum atomic E-state index is -0.0698. The number of amides is 1. The summed E-state index contributed by atoms with van der Waals surface area (Å²) in [5, 5.41) is 11.2. The van der Waals surface area contributed by atoms with Crippen LogP contribution in [0.4, 0.5) is 10.8 Å². The maximum absolute atomic E-state index is 12.4. The Kier molecular flexibility index (Phi) is 7.41. The number of rotatable bonds is 9. The Hall–Kier alpha value is -3.17. The fraction of sp³-hybridized carbons (Fsp3) is 0.250. The molecule has 9 heteroatoms. The highest BCUT2D eigenvalue weighted by atomic mass is 32.2. The molecule has 0 saturated heterocycles. The van der Waals surface area contributed by atoms with Crippen LogP contribution in [0.1, 0.15) is 36.6 Å². The van der Waals surface area contributed by atoms with Gasteiger partial charge in [-0.15, -0.1) is 21.5 Å². The standard InChI is InChI=1S/C24H24N4O3S2/c1-4-18-9-5-6-11-21(18)28(17(3)29)23-25-19(14-32-23)15-33-24-27-26-22(31-24)13-30-20-10-7-8-16(2)12-20/h5-12,14H,4,13,15H2,1-3H3. The molecule has 0 unspecified atom stereocenters. The molecule has 7 nitrogen and oxygen atoms in total. The van der Waals surface area contributed by atoms with Gasteiger partial charge in [0.15, 0.2) is 11.7 Å². The van der Waals surface area contributed by atoms with Gasteiger partial charge in [0.2, 0.25) is 5.91 Å². The number of carbonyl (C=O) groups is 1. The average molecular weight is 481 g/mol. The van der Waals surface area contributed by atoms with Crippen LogP contribution in [0, 0.1) is 6.92 Å². The molecule has 33 heavy (non-hydrogen) atoms. The summed E-state index contributed by atoms with van der Waals surface area (Å²) in [6.07, 6.45) is 0.834. The van der Waals surface area contributed by atoms with Crippen molar-refractivity contribution in [1.29, 1.82) is 0 Å². The van der Waals surface area contributed by atoms with Gasteiger partial charge in [-0.2, -0.15) is 0 Å². The second-order valence-corrected chi connectivity index (χ2v) is 9.08. The van der Waals surface area contributed by atoms with Crippen LogP contribution in [-0.4, -0.2) is 21.1 Å². The predicted molar refractivity (Wildman–Crippen MR) is 130 cm³/mol. The smallest absolute Gasteiger partial charge is 0.277 e. The molecule has 2 aromatic carbocycles. The molecule has 0 aliphatic carbocycles. The molecule has 4 rings (SSSR count). The zero-order valence-electron chi connectivity index (χ0n) is 18.6. The molecule has 0 N–H and O–H groups in total. The van der Waals surface area contributed by atoms with Gasteiger partial charge in [0.1, 0.15) is 5.75 Å². The molecule has 4 aromatic rings. The van der Waals surface area contributed by atoms with Crippen molar-refractivity contribution in [3.05, 3.63) is 76.6 Å². The summed E-state index contributed by atoms with van der Waals surface area (Å²) in [4.78, 5) is 18.8. The van der Waals surface area contributed by atoms with Crippen molar-refractivity contribution in [2.75, 3.05) is 4.90 Å². The number of thiazole rings is 1. The van der Waals surface area contributed by atoms with E-state index in [-0.39, 0.29) is 12.5 Å². The minimum absolute atomic E-state index is 0.0698. The molecular weight excluding hydrogens is 456 g/mol. The van der Waals surface area contributed by atoms with E-state index in [0.717, 1.165) is 34.7 Å². The summed E-state index contributed by atoms with van der Waals surface area (Å²) in [5.41, 5.74) is 3.94. The lowest BCUT2D eigenvalue weighted by Crippen LogP contribution is -2.23. The van der Waals surface area contributed by atoms with Crippen molar-refractivity contribution in [3.8, 4) is 5.75 Å². The number of thioether (sulfide) groups is 1. The number of para-hydroxylation sites is 1. The van der Waals surface area contributed by atoms with Crippen molar-refractivity contribution < 1.29 is 13.9 Å². The van der Waals surface area contributed by atoms with Crippen molar-refractivity contribution in [1.82, 2.24) is 15.2 Å². The molecule has 0 aliphatic rings. The van der Waals surface area contributed by atoms with Crippen LogP contribution >= 0.6 is 23.1 Å². The lowest BCUT2D eigenvalue weighted by Gasteiger charge is -2.20. The minimum Gasteiger partial charge on any atom is -0.484 e. The van der Waals surface area contributed by atoms with Gasteiger partial charge in [-0.3, -0.25) is 9.69 Å². The largest absolute Gasteiger partial charge is 0.484 e. The molecule has 0 spiro atoms. The van der Waals surface area contributed by atoms with E-state index in [1.807, 2.05) is 60.8 Å². The predicted octanol–water partition coefficient (Wildman–Crippen LogP) is 5.95. The summed E-state index contributed by atoms with van der Waals surface area (Å²) >= 11 is 2.84. The summed E-state index contributed by atoms with van der Waals surface area (Å²) in [5.74, 6) is 1.66. The van der Waals surface area contributed by atoms with Gasteiger partial charge in [0.05, 0.1) is 11.4 Å². The highest BCUT2D eigenvalue weighted by Gasteiger charge is 2.20. The summed E-state index contributed by atoms with van der Waals surface area (Å²) in [6, 6.07) is 15.7. The normalized spacial score (nSPS) is 10.9. The SMILES string of the molecule is CCc1ccccc1N(C(C)=O)c1nc(CSc2nnc(COc3cccc(C)c3)o2)cs1. The number of nitrogens with zero attached hydrogens (tertiary/aromatic N) is 4. The van der Waals surface area contributed by atoms with Crippen molar-refractivity contribution in [2.24, 2.45) is 0 Å². The molecule has 170 valence electrons. The first kappa shape index (κ1) is 23.0. The average Bonchev–Trinajstić information content (AvgIpc) is 3.46. The molecule has 1 amide bonds. The van der Waals surface area contributed by atoms with Crippen LogP contribution in [0.3, 0.4) is 0 Å². The van der Waals surface area contributed by atoms with Gasteiger partial charge in [0, 0.05) is 18.1 Å². The van der Waals surface area contributed by atoms with Crippen LogP contribution in [0.2, 0.25) is 0 Å². The quantitative estimate of drug-likeness (QED) is 0.274. The van der Waals surface area contributed by atoms with Crippen LogP contribution in [0.5, 0.6) is 5.75 Å². The van der Waals surface area contributed by atoms with E-state index in [2.05, 4.69) is 22.1 Å². The molecule has 0 atom stereocenters.